The molecule has 324 valence electrons. The number of hydrogen-bond acceptors (Lipinski definition) is 18. The number of aromatic nitrogens is 8. The van der Waals surface area contributed by atoms with E-state index in [-0.39, 0.29) is 23.7 Å². The average Bonchev–Trinajstić information content (AvgIpc) is 4.07. The lowest BCUT2D eigenvalue weighted by Crippen LogP contribution is -2.36. The zero-order chi connectivity index (χ0) is 43.8. The summed E-state index contributed by atoms with van der Waals surface area (Å²) in [5.74, 6) is 0.350. The number of fused-ring (bicyclic) bond motifs is 8. The van der Waals surface area contributed by atoms with Crippen LogP contribution in [0, 0.1) is 11.8 Å². The summed E-state index contributed by atoms with van der Waals surface area (Å²) >= 11 is 5.94. The molecule has 0 radical (unpaired) electrons. The molecule has 6 heterocycles. The number of nitrogens with one attached hydrogen (secondary N) is 2. The topological polar surface area (TPSA) is 211 Å². The standard InChI is InChI=1S/C26H30N6O3S2.C17H13N5O2S2/c1-26(2,3)35-21(33)6-5-11-32(4)25(34)15-7-9-17-19(12-15)36-24-22(17)23(27-14-28-24)29-16-8-10-18-20(13-16)37-31-30-18;23-17(24)8-1-3-10-12(5-8)25-16-14(10)15(18-7-19-16)20-9-2-4-11-13(6-9)26-22-21-11/h8,10,13-15H,5-7,9,11-12H2,1-4H3,(H,27,28,29);2,4,6-8H,1,3,5H2,(H,23,24)(H,18,19,20)/t15-;8-/m00/s1. The molecule has 0 unspecified atom stereocenters. The molecule has 2 atom stereocenters. The Morgan fingerprint density at radius 2 is 1.30 bits per heavy atom. The number of aliphatic carboxylic acids is 1. The molecule has 0 spiro atoms. The molecule has 3 N–H and O–H groups in total. The third-order valence-electron chi connectivity index (χ3n) is 11.1. The molecule has 2 aliphatic rings. The second kappa shape index (κ2) is 17.7. The number of benzene rings is 2. The number of carboxylic acid groups (broad SMARTS) is 1. The minimum absolute atomic E-state index is 0.0716. The summed E-state index contributed by atoms with van der Waals surface area (Å²) in [5, 5.41) is 26.4. The van der Waals surface area contributed by atoms with E-state index in [2.05, 4.69) is 49.7 Å². The minimum Gasteiger partial charge on any atom is -0.481 e. The Kier molecular flexibility index (Phi) is 12.0. The summed E-state index contributed by atoms with van der Waals surface area (Å²) in [6, 6.07) is 11.8. The number of hydrogen-bond donors (Lipinski definition) is 3. The van der Waals surface area contributed by atoms with Crippen molar-refractivity contribution in [1.29, 1.82) is 0 Å². The highest BCUT2D eigenvalue weighted by Crippen LogP contribution is 2.42. The van der Waals surface area contributed by atoms with Gasteiger partial charge in [0.15, 0.2) is 0 Å². The molecule has 8 aromatic rings. The fourth-order valence-electron chi connectivity index (χ4n) is 8.09. The second-order valence-electron chi connectivity index (χ2n) is 16.6. The average molecular weight is 922 g/mol. The van der Waals surface area contributed by atoms with Gasteiger partial charge >= 0.3 is 11.9 Å². The second-order valence-corrected chi connectivity index (χ2v) is 20.4. The third kappa shape index (κ3) is 9.29. The van der Waals surface area contributed by atoms with Crippen LogP contribution in [0.5, 0.6) is 0 Å². The predicted octanol–water partition coefficient (Wildman–Crippen LogP) is 8.75. The van der Waals surface area contributed by atoms with Crippen molar-refractivity contribution < 1.29 is 24.2 Å². The van der Waals surface area contributed by atoms with Gasteiger partial charge in [0.1, 0.15) is 50.6 Å². The first-order valence-electron chi connectivity index (χ1n) is 20.5. The highest BCUT2D eigenvalue weighted by molar-refractivity contribution is 7.19. The Morgan fingerprint density at radius 1 is 0.778 bits per heavy atom. The fourth-order valence-corrected chi connectivity index (χ4v) is 11.8. The number of rotatable bonds is 10. The molecule has 1 amide bonds. The van der Waals surface area contributed by atoms with Crippen molar-refractivity contribution in [2.75, 3.05) is 24.2 Å². The third-order valence-corrected chi connectivity index (χ3v) is 14.8. The zero-order valence-corrected chi connectivity index (χ0v) is 38.1. The highest BCUT2D eigenvalue weighted by atomic mass is 32.1. The number of carboxylic acids is 1. The largest absolute Gasteiger partial charge is 0.481 e. The molecule has 0 fully saturated rings. The monoisotopic (exact) mass is 921 g/mol. The van der Waals surface area contributed by atoms with Gasteiger partial charge in [0, 0.05) is 47.1 Å². The maximum Gasteiger partial charge on any atom is 0.306 e. The first-order chi connectivity index (χ1) is 30.4. The molecule has 16 nitrogen and oxygen atoms in total. The number of carbonyl (C=O) groups is 3. The molecule has 20 heteroatoms. The van der Waals surface area contributed by atoms with Gasteiger partial charge in [-0.2, -0.15) is 0 Å². The number of anilines is 4. The van der Waals surface area contributed by atoms with Gasteiger partial charge in [-0.25, -0.2) is 19.9 Å². The summed E-state index contributed by atoms with van der Waals surface area (Å²) < 4.78 is 15.4. The Morgan fingerprint density at radius 3 is 1.83 bits per heavy atom. The van der Waals surface area contributed by atoms with Crippen LogP contribution in [-0.4, -0.2) is 86.2 Å². The van der Waals surface area contributed by atoms with Crippen molar-refractivity contribution in [2.45, 2.75) is 77.7 Å². The van der Waals surface area contributed by atoms with E-state index in [1.54, 1.807) is 40.2 Å². The summed E-state index contributed by atoms with van der Waals surface area (Å²) in [5.41, 5.74) is 5.53. The van der Waals surface area contributed by atoms with Crippen molar-refractivity contribution in [1.82, 2.24) is 44.0 Å². The molecule has 0 saturated heterocycles. The van der Waals surface area contributed by atoms with E-state index in [4.69, 9.17) is 4.74 Å². The van der Waals surface area contributed by atoms with Gasteiger partial charge in [-0.3, -0.25) is 14.4 Å². The molecular weight excluding hydrogens is 879 g/mol. The number of amides is 1. The fraction of sp³-hybridized carbons (Fsp3) is 0.372. The SMILES string of the molecule is CN(CCCC(=O)OC(C)(C)C)C(=O)[C@H]1CCc2c(sc3ncnc(Nc4ccc5nnsc5c4)c23)C1.O=C(O)[C@H]1CCc2c(sc3ncnc(Nc4ccc5nnsc5c4)c23)C1. The van der Waals surface area contributed by atoms with Crippen LogP contribution in [0.1, 0.15) is 67.3 Å². The molecule has 0 bridgehead atoms. The minimum atomic E-state index is -0.719. The van der Waals surface area contributed by atoms with Gasteiger partial charge in [-0.15, -0.1) is 32.9 Å². The lowest BCUT2D eigenvalue weighted by Gasteiger charge is -2.27. The van der Waals surface area contributed by atoms with Crippen LogP contribution in [-0.2, 0) is 44.8 Å². The molecule has 2 aliphatic carbocycles. The zero-order valence-electron chi connectivity index (χ0n) is 34.9. The Bertz CT molecular complexity index is 3010. The molecule has 63 heavy (non-hydrogen) atoms. The van der Waals surface area contributed by atoms with Crippen LogP contribution < -0.4 is 10.6 Å². The first-order valence-corrected chi connectivity index (χ1v) is 23.7. The molecule has 6 aromatic heterocycles. The van der Waals surface area contributed by atoms with Crippen molar-refractivity contribution in [2.24, 2.45) is 11.8 Å². The van der Waals surface area contributed by atoms with E-state index in [9.17, 15) is 19.5 Å². The number of esters is 1. The summed E-state index contributed by atoms with van der Waals surface area (Å²) in [7, 11) is 1.82. The lowest BCUT2D eigenvalue weighted by atomic mass is 9.87. The summed E-state index contributed by atoms with van der Waals surface area (Å²) in [6.45, 7) is 6.11. The van der Waals surface area contributed by atoms with Crippen molar-refractivity contribution >= 4 is 127 Å². The van der Waals surface area contributed by atoms with Crippen molar-refractivity contribution in [3.05, 3.63) is 69.9 Å². The van der Waals surface area contributed by atoms with E-state index in [0.717, 1.165) is 88.0 Å². The molecule has 0 aliphatic heterocycles. The van der Waals surface area contributed by atoms with Crippen molar-refractivity contribution in [3.63, 3.8) is 0 Å². The van der Waals surface area contributed by atoms with E-state index in [0.29, 0.717) is 38.6 Å². The van der Waals surface area contributed by atoms with Gasteiger partial charge in [0.25, 0.3) is 0 Å². The van der Waals surface area contributed by atoms with E-state index in [1.165, 1.54) is 39.1 Å². The van der Waals surface area contributed by atoms with Crippen LogP contribution in [0.15, 0.2) is 49.1 Å². The molecular formula is C43H43N11O5S4. The molecule has 0 saturated carbocycles. The van der Waals surface area contributed by atoms with Crippen LogP contribution in [0.3, 0.4) is 0 Å². The van der Waals surface area contributed by atoms with Gasteiger partial charge in [-0.05, 0) is 136 Å². The van der Waals surface area contributed by atoms with Gasteiger partial charge in [0.2, 0.25) is 5.91 Å². The Labute approximate surface area is 377 Å². The number of carbonyl (C=O) groups excluding carboxylic acids is 2. The Balaban J connectivity index is 0.000000170. The predicted molar refractivity (Wildman–Crippen MR) is 248 cm³/mol. The quantitative estimate of drug-likeness (QED) is 0.109. The van der Waals surface area contributed by atoms with Gasteiger partial charge in [-0.1, -0.05) is 8.98 Å². The number of thiophene rings is 2. The van der Waals surface area contributed by atoms with Crippen LogP contribution in [0.25, 0.3) is 40.9 Å². The smallest absolute Gasteiger partial charge is 0.306 e. The molecule has 10 rings (SSSR count). The van der Waals surface area contributed by atoms with Crippen LogP contribution in [0.2, 0.25) is 0 Å². The summed E-state index contributed by atoms with van der Waals surface area (Å²) in [4.78, 5) is 60.3. The number of aryl methyl sites for hydroxylation is 2. The van der Waals surface area contributed by atoms with Gasteiger partial charge < -0.3 is 25.4 Å². The number of nitrogens with zero attached hydrogens (tertiary/aromatic N) is 9. The lowest BCUT2D eigenvalue weighted by molar-refractivity contribution is -0.155. The normalized spacial score (nSPS) is 16.0. The number of ether oxygens (including phenoxy) is 1. The van der Waals surface area contributed by atoms with Crippen molar-refractivity contribution in [3.8, 4) is 0 Å². The van der Waals surface area contributed by atoms with Crippen LogP contribution in [0.4, 0.5) is 23.0 Å². The first kappa shape index (κ1) is 42.5. The van der Waals surface area contributed by atoms with Crippen LogP contribution >= 0.6 is 45.7 Å². The maximum absolute atomic E-state index is 13.2. The van der Waals surface area contributed by atoms with Gasteiger partial charge in [0.05, 0.1) is 26.1 Å². The highest BCUT2D eigenvalue weighted by Gasteiger charge is 2.32. The summed E-state index contributed by atoms with van der Waals surface area (Å²) in [6.07, 6.45) is 8.28. The van der Waals surface area contributed by atoms with E-state index >= 15 is 0 Å². The maximum atomic E-state index is 13.2. The Hall–Kier alpha value is -5.83. The van der Waals surface area contributed by atoms with E-state index in [1.807, 2.05) is 64.2 Å². The van der Waals surface area contributed by atoms with E-state index < -0.39 is 11.6 Å². The molecule has 2 aromatic carbocycles.